The Labute approximate surface area is 178 Å². The van der Waals surface area contributed by atoms with Gasteiger partial charge < -0.3 is 24.2 Å². The lowest BCUT2D eigenvalue weighted by Crippen LogP contribution is -2.54. The lowest BCUT2D eigenvalue weighted by molar-refractivity contribution is -0.126. The summed E-state index contributed by atoms with van der Waals surface area (Å²) in [6.45, 7) is 12.0. The van der Waals surface area contributed by atoms with Crippen molar-refractivity contribution in [1.29, 1.82) is 0 Å². The molecule has 4 heterocycles. The van der Waals surface area contributed by atoms with E-state index < -0.39 is 0 Å². The Morgan fingerprint density at radius 1 is 1.30 bits per heavy atom. The van der Waals surface area contributed by atoms with Gasteiger partial charge in [-0.2, -0.15) is 9.97 Å². The summed E-state index contributed by atoms with van der Waals surface area (Å²) in [5.74, 6) is 0.868. The van der Waals surface area contributed by atoms with E-state index in [0.717, 1.165) is 36.5 Å². The van der Waals surface area contributed by atoms with E-state index in [1.165, 1.54) is 12.5 Å². The molecule has 8 heteroatoms. The molecule has 164 valence electrons. The number of rotatable bonds is 5. The first kappa shape index (κ1) is 21.1. The van der Waals surface area contributed by atoms with Crippen molar-refractivity contribution in [3.05, 3.63) is 23.9 Å². The number of amides is 1. The molecule has 0 aliphatic carbocycles. The smallest absolute Gasteiger partial charge is 0.318 e. The zero-order chi connectivity index (χ0) is 21.3. The molecule has 2 saturated heterocycles. The van der Waals surface area contributed by atoms with Gasteiger partial charge in [0.25, 0.3) is 0 Å². The van der Waals surface area contributed by atoms with Crippen molar-refractivity contribution in [3.8, 4) is 6.01 Å². The molecule has 0 spiro atoms. The van der Waals surface area contributed by atoms with Gasteiger partial charge in [0.1, 0.15) is 12.4 Å². The number of nitrogens with zero attached hydrogens (tertiary/aromatic N) is 5. The van der Waals surface area contributed by atoms with Gasteiger partial charge in [-0.05, 0) is 46.4 Å². The summed E-state index contributed by atoms with van der Waals surface area (Å²) in [4.78, 5) is 28.1. The highest BCUT2D eigenvalue weighted by Crippen LogP contribution is 2.31. The van der Waals surface area contributed by atoms with Gasteiger partial charge in [-0.15, -0.1) is 0 Å². The highest BCUT2D eigenvalue weighted by atomic mass is 16.5. The summed E-state index contributed by atoms with van der Waals surface area (Å²) >= 11 is 0. The summed E-state index contributed by atoms with van der Waals surface area (Å²) in [5.41, 5.74) is 2.07. The standard InChI is InChI=1S/C22H33N5O3/c1-5-20(28)26-9-10-27(15(2)12-26)21-18-14-29-16(3)11-19(18)23-22(24-21)30-13-17-7-6-8-25(17)4/h5,15-17H,1,6-14H2,2-4H3/t15-,16?,17+/m1/s1. The van der Waals surface area contributed by atoms with Crippen LogP contribution < -0.4 is 9.64 Å². The van der Waals surface area contributed by atoms with Crippen LogP contribution in [0.2, 0.25) is 0 Å². The Kier molecular flexibility index (Phi) is 6.24. The minimum absolute atomic E-state index is 0.0203. The number of aromatic nitrogens is 2. The molecule has 0 saturated carbocycles. The van der Waals surface area contributed by atoms with E-state index in [-0.39, 0.29) is 18.1 Å². The van der Waals surface area contributed by atoms with E-state index in [2.05, 4.69) is 37.3 Å². The quantitative estimate of drug-likeness (QED) is 0.677. The van der Waals surface area contributed by atoms with Gasteiger partial charge in [0, 0.05) is 43.7 Å². The van der Waals surface area contributed by atoms with Crippen LogP contribution in [0.5, 0.6) is 6.01 Å². The molecule has 1 aromatic heterocycles. The third-order valence-corrected chi connectivity index (χ3v) is 6.51. The predicted octanol–water partition coefficient (Wildman–Crippen LogP) is 1.63. The second-order valence-corrected chi connectivity index (χ2v) is 8.70. The number of hydrogen-bond donors (Lipinski definition) is 0. The Morgan fingerprint density at radius 3 is 2.83 bits per heavy atom. The molecule has 0 bridgehead atoms. The Morgan fingerprint density at radius 2 is 2.13 bits per heavy atom. The van der Waals surface area contributed by atoms with Crippen molar-refractivity contribution < 1.29 is 14.3 Å². The molecular formula is C22H33N5O3. The summed E-state index contributed by atoms with van der Waals surface area (Å²) in [6, 6.07) is 1.01. The Bertz CT molecular complexity index is 801. The lowest BCUT2D eigenvalue weighted by Gasteiger charge is -2.41. The van der Waals surface area contributed by atoms with Crippen LogP contribution in [0.1, 0.15) is 37.9 Å². The van der Waals surface area contributed by atoms with Crippen LogP contribution in [0, 0.1) is 0 Å². The van der Waals surface area contributed by atoms with E-state index in [1.54, 1.807) is 0 Å². The first-order valence-electron chi connectivity index (χ1n) is 11.0. The molecule has 0 N–H and O–H groups in total. The van der Waals surface area contributed by atoms with E-state index in [9.17, 15) is 4.79 Å². The molecule has 0 aromatic carbocycles. The number of carbonyl (C=O) groups excluding carboxylic acids is 1. The second-order valence-electron chi connectivity index (χ2n) is 8.70. The molecule has 3 aliphatic heterocycles. The fourth-order valence-corrected chi connectivity index (χ4v) is 4.63. The van der Waals surface area contributed by atoms with Crippen LogP contribution in [0.4, 0.5) is 5.82 Å². The topological polar surface area (TPSA) is 71.0 Å². The van der Waals surface area contributed by atoms with Crippen molar-refractivity contribution in [3.63, 3.8) is 0 Å². The van der Waals surface area contributed by atoms with Crippen molar-refractivity contribution in [2.24, 2.45) is 0 Å². The first-order chi connectivity index (χ1) is 14.5. The summed E-state index contributed by atoms with van der Waals surface area (Å²) < 4.78 is 12.0. The van der Waals surface area contributed by atoms with Gasteiger partial charge in [0.15, 0.2) is 0 Å². The minimum atomic E-state index is -0.0203. The average molecular weight is 416 g/mol. The molecule has 1 amide bonds. The lowest BCUT2D eigenvalue weighted by atomic mass is 10.0. The SMILES string of the molecule is C=CC(=O)N1CCN(c2nc(OC[C@@H]3CCCN3C)nc3c2COC(C)C3)[C@H](C)C1. The fourth-order valence-electron chi connectivity index (χ4n) is 4.63. The van der Waals surface area contributed by atoms with Gasteiger partial charge >= 0.3 is 6.01 Å². The van der Waals surface area contributed by atoms with Gasteiger partial charge in [0.2, 0.25) is 5.91 Å². The normalized spacial score (nSPS) is 27.1. The molecule has 0 radical (unpaired) electrons. The van der Waals surface area contributed by atoms with Gasteiger partial charge in [-0.1, -0.05) is 6.58 Å². The molecular weight excluding hydrogens is 382 g/mol. The molecule has 1 unspecified atom stereocenters. The van der Waals surface area contributed by atoms with E-state index in [4.69, 9.17) is 19.4 Å². The zero-order valence-electron chi connectivity index (χ0n) is 18.3. The van der Waals surface area contributed by atoms with Gasteiger partial charge in [0.05, 0.1) is 18.4 Å². The highest BCUT2D eigenvalue weighted by molar-refractivity contribution is 5.87. The van der Waals surface area contributed by atoms with Crippen molar-refractivity contribution >= 4 is 11.7 Å². The number of anilines is 1. The molecule has 4 rings (SSSR count). The van der Waals surface area contributed by atoms with Crippen molar-refractivity contribution in [2.75, 3.05) is 44.7 Å². The minimum Gasteiger partial charge on any atom is -0.462 e. The summed E-state index contributed by atoms with van der Waals surface area (Å²) in [6.07, 6.45) is 4.63. The highest BCUT2D eigenvalue weighted by Gasteiger charge is 2.32. The molecule has 8 nitrogen and oxygen atoms in total. The third kappa shape index (κ3) is 4.30. The monoisotopic (exact) mass is 415 g/mol. The maximum absolute atomic E-state index is 12.0. The van der Waals surface area contributed by atoms with Crippen LogP contribution in [0.15, 0.2) is 12.7 Å². The van der Waals surface area contributed by atoms with E-state index >= 15 is 0 Å². The summed E-state index contributed by atoms with van der Waals surface area (Å²) in [7, 11) is 2.14. The number of likely N-dealkylation sites (N-methyl/N-ethyl adjacent to an activating group) is 1. The number of hydrogen-bond acceptors (Lipinski definition) is 7. The largest absolute Gasteiger partial charge is 0.462 e. The van der Waals surface area contributed by atoms with E-state index in [0.29, 0.717) is 44.9 Å². The Hall–Kier alpha value is -2.19. The van der Waals surface area contributed by atoms with Gasteiger partial charge in [-0.25, -0.2) is 0 Å². The van der Waals surface area contributed by atoms with Crippen LogP contribution >= 0.6 is 0 Å². The molecule has 30 heavy (non-hydrogen) atoms. The molecule has 3 aliphatic rings. The number of fused-ring (bicyclic) bond motifs is 1. The zero-order valence-corrected chi connectivity index (χ0v) is 18.3. The van der Waals surface area contributed by atoms with Gasteiger partial charge in [-0.3, -0.25) is 4.79 Å². The number of ether oxygens (including phenoxy) is 2. The van der Waals surface area contributed by atoms with Crippen LogP contribution in [-0.4, -0.2) is 83.7 Å². The molecule has 3 atom stereocenters. The molecule has 1 aromatic rings. The van der Waals surface area contributed by atoms with Crippen LogP contribution in [-0.2, 0) is 22.6 Å². The number of piperazine rings is 1. The Balaban J connectivity index is 1.57. The number of carbonyl (C=O) groups is 1. The van der Waals surface area contributed by atoms with Crippen LogP contribution in [0.3, 0.4) is 0 Å². The second kappa shape index (κ2) is 8.89. The van der Waals surface area contributed by atoms with E-state index in [1.807, 2.05) is 4.90 Å². The maximum Gasteiger partial charge on any atom is 0.318 e. The van der Waals surface area contributed by atoms with Crippen molar-refractivity contribution in [2.45, 2.75) is 57.9 Å². The van der Waals surface area contributed by atoms with Crippen molar-refractivity contribution in [1.82, 2.24) is 19.8 Å². The van der Waals surface area contributed by atoms with Crippen LogP contribution in [0.25, 0.3) is 0 Å². The maximum atomic E-state index is 12.0. The summed E-state index contributed by atoms with van der Waals surface area (Å²) in [5, 5.41) is 0. The first-order valence-corrected chi connectivity index (χ1v) is 11.0. The fraction of sp³-hybridized carbons (Fsp3) is 0.682. The third-order valence-electron chi connectivity index (χ3n) is 6.51. The predicted molar refractivity (Wildman–Crippen MR) is 115 cm³/mol. The number of likely N-dealkylation sites (tertiary alicyclic amines) is 1. The molecule has 2 fully saturated rings. The average Bonchev–Trinajstić information content (AvgIpc) is 3.15.